The fourth-order valence-electron chi connectivity index (χ4n) is 1.34. The molecule has 0 aliphatic heterocycles. The number of aromatic nitrogens is 3. The van der Waals surface area contributed by atoms with Crippen molar-refractivity contribution in [3.63, 3.8) is 0 Å². The second-order valence-corrected chi connectivity index (χ2v) is 4.15. The minimum atomic E-state index is 0.629. The summed E-state index contributed by atoms with van der Waals surface area (Å²) in [4.78, 5) is 4.35. The molecule has 5 heteroatoms. The lowest BCUT2D eigenvalue weighted by atomic mass is 10.3. The van der Waals surface area contributed by atoms with Gasteiger partial charge in [0.25, 0.3) is 0 Å². The van der Waals surface area contributed by atoms with Crippen molar-refractivity contribution < 1.29 is 0 Å². The molecular formula is C11H11BrN4. The SMILES string of the molecule is C#CCCCNc1nc2c(Br)cccn2n1. The van der Waals surface area contributed by atoms with Crippen LogP contribution in [0.15, 0.2) is 22.8 Å². The van der Waals surface area contributed by atoms with E-state index in [4.69, 9.17) is 6.42 Å². The minimum absolute atomic E-state index is 0.629. The maximum absolute atomic E-state index is 5.17. The number of terminal acetylenes is 1. The Balaban J connectivity index is 2.09. The van der Waals surface area contributed by atoms with Crippen LogP contribution in [-0.4, -0.2) is 21.1 Å². The lowest BCUT2D eigenvalue weighted by molar-refractivity contribution is 0.884. The molecule has 0 unspecified atom stereocenters. The van der Waals surface area contributed by atoms with Gasteiger partial charge in [0.1, 0.15) is 0 Å². The van der Waals surface area contributed by atoms with Gasteiger partial charge in [-0.2, -0.15) is 4.98 Å². The number of fused-ring (bicyclic) bond motifs is 1. The third-order valence-corrected chi connectivity index (χ3v) is 2.71. The Kier molecular flexibility index (Phi) is 3.42. The molecule has 82 valence electrons. The predicted molar refractivity (Wildman–Crippen MR) is 67.2 cm³/mol. The van der Waals surface area contributed by atoms with Gasteiger partial charge in [-0.15, -0.1) is 17.4 Å². The zero-order valence-corrected chi connectivity index (χ0v) is 10.2. The van der Waals surface area contributed by atoms with Gasteiger partial charge in [0, 0.05) is 19.2 Å². The van der Waals surface area contributed by atoms with Crippen molar-refractivity contribution in [2.24, 2.45) is 0 Å². The maximum atomic E-state index is 5.17. The first-order chi connectivity index (χ1) is 7.81. The normalized spacial score (nSPS) is 10.2. The fourth-order valence-corrected chi connectivity index (χ4v) is 1.76. The number of anilines is 1. The quantitative estimate of drug-likeness (QED) is 0.690. The third-order valence-electron chi connectivity index (χ3n) is 2.10. The molecule has 1 N–H and O–H groups in total. The Labute approximate surface area is 102 Å². The summed E-state index contributed by atoms with van der Waals surface area (Å²) < 4.78 is 2.66. The standard InChI is InChI=1S/C11H11BrN4/c1-2-3-4-7-13-11-14-10-9(12)6-5-8-16(10)15-11/h1,5-6,8H,3-4,7H2,(H,13,15). The van der Waals surface area contributed by atoms with Crippen molar-refractivity contribution in [1.82, 2.24) is 14.6 Å². The van der Waals surface area contributed by atoms with E-state index in [2.05, 4.69) is 37.2 Å². The predicted octanol–water partition coefficient (Wildman–Crippen LogP) is 2.32. The number of nitrogens with one attached hydrogen (secondary N) is 1. The Morgan fingerprint density at radius 3 is 3.19 bits per heavy atom. The molecule has 0 saturated heterocycles. The Morgan fingerprint density at radius 2 is 2.44 bits per heavy atom. The highest BCUT2D eigenvalue weighted by molar-refractivity contribution is 9.10. The van der Waals surface area contributed by atoms with Crippen LogP contribution in [0.3, 0.4) is 0 Å². The monoisotopic (exact) mass is 278 g/mol. The summed E-state index contributed by atoms with van der Waals surface area (Å²) in [6.45, 7) is 0.790. The summed E-state index contributed by atoms with van der Waals surface area (Å²) in [5.41, 5.74) is 0.807. The van der Waals surface area contributed by atoms with Crippen LogP contribution in [0.4, 0.5) is 5.95 Å². The van der Waals surface area contributed by atoms with Crippen molar-refractivity contribution in [2.75, 3.05) is 11.9 Å². The molecule has 0 amide bonds. The second-order valence-electron chi connectivity index (χ2n) is 3.29. The van der Waals surface area contributed by atoms with Gasteiger partial charge in [-0.3, -0.25) is 0 Å². The average Bonchev–Trinajstić information content (AvgIpc) is 2.69. The van der Waals surface area contributed by atoms with E-state index in [1.165, 1.54) is 0 Å². The largest absolute Gasteiger partial charge is 0.353 e. The molecule has 2 rings (SSSR count). The Hall–Kier alpha value is -1.54. The van der Waals surface area contributed by atoms with Crippen LogP contribution in [-0.2, 0) is 0 Å². The molecule has 0 radical (unpaired) electrons. The van der Waals surface area contributed by atoms with Crippen LogP contribution < -0.4 is 5.32 Å². The van der Waals surface area contributed by atoms with Crippen molar-refractivity contribution in [3.8, 4) is 12.3 Å². The molecule has 2 aromatic heterocycles. The summed E-state index contributed by atoms with van der Waals surface area (Å²) >= 11 is 3.43. The lowest BCUT2D eigenvalue weighted by Crippen LogP contribution is -2.02. The number of hydrogen-bond acceptors (Lipinski definition) is 3. The van der Waals surface area contributed by atoms with Gasteiger partial charge in [0.2, 0.25) is 5.95 Å². The van der Waals surface area contributed by atoms with Crippen LogP contribution in [0.1, 0.15) is 12.8 Å². The van der Waals surface area contributed by atoms with Gasteiger partial charge in [-0.05, 0) is 34.5 Å². The molecule has 4 nitrogen and oxygen atoms in total. The maximum Gasteiger partial charge on any atom is 0.243 e. The molecule has 0 saturated carbocycles. The summed E-state index contributed by atoms with van der Waals surface area (Å²) in [7, 11) is 0. The molecule has 0 aliphatic carbocycles. The van der Waals surface area contributed by atoms with Crippen LogP contribution in [0.5, 0.6) is 0 Å². The van der Waals surface area contributed by atoms with Gasteiger partial charge < -0.3 is 5.32 Å². The van der Waals surface area contributed by atoms with Crippen LogP contribution >= 0.6 is 15.9 Å². The van der Waals surface area contributed by atoms with Gasteiger partial charge in [-0.25, -0.2) is 4.52 Å². The molecule has 2 aromatic rings. The van der Waals surface area contributed by atoms with E-state index < -0.39 is 0 Å². The van der Waals surface area contributed by atoms with E-state index in [0.29, 0.717) is 5.95 Å². The molecule has 0 atom stereocenters. The molecular weight excluding hydrogens is 268 g/mol. The van der Waals surface area contributed by atoms with Crippen molar-refractivity contribution in [2.45, 2.75) is 12.8 Å². The summed E-state index contributed by atoms with van der Waals surface area (Å²) in [5, 5.41) is 7.42. The zero-order valence-electron chi connectivity index (χ0n) is 8.65. The zero-order chi connectivity index (χ0) is 11.4. The smallest absolute Gasteiger partial charge is 0.243 e. The van der Waals surface area contributed by atoms with Crippen molar-refractivity contribution in [3.05, 3.63) is 22.8 Å². The number of pyridine rings is 1. The first kappa shape index (κ1) is 11.0. The number of unbranched alkanes of at least 4 members (excludes halogenated alkanes) is 1. The van der Waals surface area contributed by atoms with Crippen molar-refractivity contribution >= 4 is 27.5 Å². The number of nitrogens with zero attached hydrogens (tertiary/aromatic N) is 3. The van der Waals surface area contributed by atoms with Gasteiger partial charge in [0.05, 0.1) is 4.47 Å². The van der Waals surface area contributed by atoms with Crippen LogP contribution in [0.2, 0.25) is 0 Å². The number of halogens is 1. The molecule has 0 aliphatic rings. The highest BCUT2D eigenvalue weighted by Crippen LogP contribution is 2.16. The summed E-state index contributed by atoms with van der Waals surface area (Å²) in [5.74, 6) is 3.22. The van der Waals surface area contributed by atoms with Gasteiger partial charge >= 0.3 is 0 Å². The van der Waals surface area contributed by atoms with Gasteiger partial charge in [0.15, 0.2) is 5.65 Å². The molecule has 0 spiro atoms. The number of hydrogen-bond donors (Lipinski definition) is 1. The average molecular weight is 279 g/mol. The lowest BCUT2D eigenvalue weighted by Gasteiger charge is -1.96. The Morgan fingerprint density at radius 1 is 1.56 bits per heavy atom. The van der Waals surface area contributed by atoms with E-state index >= 15 is 0 Å². The molecule has 0 bridgehead atoms. The molecule has 0 aromatic carbocycles. The van der Waals surface area contributed by atoms with Crippen molar-refractivity contribution in [1.29, 1.82) is 0 Å². The van der Waals surface area contributed by atoms with E-state index in [1.54, 1.807) is 4.52 Å². The fraction of sp³-hybridized carbons (Fsp3) is 0.273. The van der Waals surface area contributed by atoms with E-state index in [0.717, 1.165) is 29.5 Å². The first-order valence-electron chi connectivity index (χ1n) is 4.99. The van der Waals surface area contributed by atoms with E-state index in [-0.39, 0.29) is 0 Å². The van der Waals surface area contributed by atoms with Crippen LogP contribution in [0.25, 0.3) is 5.65 Å². The van der Waals surface area contributed by atoms with E-state index in [1.807, 2.05) is 18.3 Å². The van der Waals surface area contributed by atoms with E-state index in [9.17, 15) is 0 Å². The highest BCUT2D eigenvalue weighted by atomic mass is 79.9. The van der Waals surface area contributed by atoms with Gasteiger partial charge in [-0.1, -0.05) is 0 Å². The topological polar surface area (TPSA) is 42.2 Å². The van der Waals surface area contributed by atoms with Crippen LogP contribution in [0, 0.1) is 12.3 Å². The number of rotatable bonds is 4. The summed E-state index contributed by atoms with van der Waals surface area (Å²) in [6.07, 6.45) is 8.72. The summed E-state index contributed by atoms with van der Waals surface area (Å²) in [6, 6.07) is 3.85. The molecule has 2 heterocycles. The Bertz CT molecular complexity index is 526. The third kappa shape index (κ3) is 2.34. The first-order valence-corrected chi connectivity index (χ1v) is 5.79. The molecule has 0 fully saturated rings. The minimum Gasteiger partial charge on any atom is -0.353 e. The molecule has 16 heavy (non-hydrogen) atoms. The second kappa shape index (κ2) is 4.99. The highest BCUT2D eigenvalue weighted by Gasteiger charge is 2.04.